The van der Waals surface area contributed by atoms with Crippen LogP contribution in [0.2, 0.25) is 0 Å². The van der Waals surface area contributed by atoms with Gasteiger partial charge in [-0.2, -0.15) is 0 Å². The van der Waals surface area contributed by atoms with Gasteiger partial charge in [0, 0.05) is 18.4 Å². The summed E-state index contributed by atoms with van der Waals surface area (Å²) in [6.07, 6.45) is 0.575. The van der Waals surface area contributed by atoms with Gasteiger partial charge in [-0.25, -0.2) is 0 Å². The zero-order valence-corrected chi connectivity index (χ0v) is 11.9. The first-order valence-electron chi connectivity index (χ1n) is 6.57. The first kappa shape index (κ1) is 14.2. The van der Waals surface area contributed by atoms with Gasteiger partial charge in [0.2, 0.25) is 11.8 Å². The minimum atomic E-state index is -0.814. The molecular weight excluding hydrogens is 256 g/mol. The van der Waals surface area contributed by atoms with E-state index in [0.29, 0.717) is 18.2 Å². The topological polar surface area (TPSA) is 76.2 Å². The molecule has 2 rings (SSSR count). The van der Waals surface area contributed by atoms with Crippen LogP contribution in [0.3, 0.4) is 0 Å². The molecule has 2 aromatic rings. The highest BCUT2D eigenvalue weighted by molar-refractivity contribution is 5.67. The Balaban J connectivity index is 2.12. The van der Waals surface area contributed by atoms with E-state index in [0.717, 1.165) is 5.56 Å². The van der Waals surface area contributed by atoms with Crippen LogP contribution in [-0.2, 0) is 11.2 Å². The molecule has 1 N–H and O–H groups in total. The van der Waals surface area contributed by atoms with E-state index in [1.807, 2.05) is 39.0 Å². The Morgan fingerprint density at radius 3 is 2.70 bits per heavy atom. The predicted octanol–water partition coefficient (Wildman–Crippen LogP) is 3.01. The second kappa shape index (κ2) is 5.86. The highest BCUT2D eigenvalue weighted by Crippen LogP contribution is 2.22. The van der Waals surface area contributed by atoms with Gasteiger partial charge in [-0.3, -0.25) is 4.79 Å². The first-order valence-corrected chi connectivity index (χ1v) is 6.57. The number of hydrogen-bond donors (Lipinski definition) is 1. The average molecular weight is 274 g/mol. The smallest absolute Gasteiger partial charge is 0.303 e. The second-order valence-corrected chi connectivity index (χ2v) is 5.21. The Kier molecular flexibility index (Phi) is 4.17. The molecule has 1 aromatic heterocycles. The first-order chi connectivity index (χ1) is 9.45. The second-order valence-electron chi connectivity index (χ2n) is 5.21. The summed E-state index contributed by atoms with van der Waals surface area (Å²) in [6, 6.07) is 5.97. The molecule has 1 heterocycles. The summed E-state index contributed by atoms with van der Waals surface area (Å²) in [5.74, 6) is 0.115. The number of aryl methyl sites for hydroxylation is 2. The molecule has 0 bridgehead atoms. The van der Waals surface area contributed by atoms with Crippen molar-refractivity contribution in [3.8, 4) is 11.5 Å². The largest absolute Gasteiger partial charge is 0.481 e. The third-order valence-electron chi connectivity index (χ3n) is 3.27. The highest BCUT2D eigenvalue weighted by atomic mass is 16.4. The fourth-order valence-corrected chi connectivity index (χ4v) is 2.00. The zero-order valence-electron chi connectivity index (χ0n) is 11.9. The molecule has 0 saturated carbocycles. The predicted molar refractivity (Wildman–Crippen MR) is 74.3 cm³/mol. The van der Waals surface area contributed by atoms with Gasteiger partial charge in [-0.15, -0.1) is 10.2 Å². The van der Waals surface area contributed by atoms with Crippen LogP contribution in [0.25, 0.3) is 11.5 Å². The number of carbonyl (C=O) groups is 1. The molecule has 1 aromatic carbocycles. The van der Waals surface area contributed by atoms with Gasteiger partial charge in [-0.05, 0) is 43.0 Å². The number of aliphatic carboxylic acids is 1. The molecule has 5 nitrogen and oxygen atoms in total. The number of nitrogens with zero attached hydrogens (tertiary/aromatic N) is 2. The van der Waals surface area contributed by atoms with E-state index in [2.05, 4.69) is 10.2 Å². The summed E-state index contributed by atoms with van der Waals surface area (Å²) < 4.78 is 5.60. The number of aromatic nitrogens is 2. The lowest BCUT2D eigenvalue weighted by molar-refractivity contribution is -0.137. The van der Waals surface area contributed by atoms with Gasteiger partial charge in [0.1, 0.15) is 0 Å². The number of carboxylic acids is 1. The van der Waals surface area contributed by atoms with Crippen molar-refractivity contribution in [3.63, 3.8) is 0 Å². The summed E-state index contributed by atoms with van der Waals surface area (Å²) in [6.45, 7) is 5.94. The van der Waals surface area contributed by atoms with E-state index in [1.54, 1.807) is 0 Å². The van der Waals surface area contributed by atoms with Crippen LogP contribution in [-0.4, -0.2) is 21.3 Å². The van der Waals surface area contributed by atoms with Crippen LogP contribution in [0.4, 0.5) is 0 Å². The lowest BCUT2D eigenvalue weighted by Crippen LogP contribution is -2.07. The molecule has 0 radical (unpaired) electrons. The molecule has 1 atom stereocenters. The molecule has 0 aliphatic rings. The Hall–Kier alpha value is -2.17. The van der Waals surface area contributed by atoms with E-state index in [-0.39, 0.29) is 12.3 Å². The van der Waals surface area contributed by atoms with E-state index in [4.69, 9.17) is 9.52 Å². The minimum Gasteiger partial charge on any atom is -0.481 e. The molecule has 0 fully saturated rings. The normalized spacial score (nSPS) is 12.3. The van der Waals surface area contributed by atoms with Gasteiger partial charge < -0.3 is 9.52 Å². The molecule has 0 saturated heterocycles. The van der Waals surface area contributed by atoms with Crippen molar-refractivity contribution in [2.24, 2.45) is 5.92 Å². The van der Waals surface area contributed by atoms with Crippen LogP contribution in [0, 0.1) is 19.8 Å². The average Bonchev–Trinajstić information content (AvgIpc) is 2.80. The molecule has 5 heteroatoms. The molecule has 1 unspecified atom stereocenters. The quantitative estimate of drug-likeness (QED) is 0.907. The summed E-state index contributed by atoms with van der Waals surface area (Å²) in [7, 11) is 0. The van der Waals surface area contributed by atoms with Crippen LogP contribution in [0.1, 0.15) is 30.4 Å². The van der Waals surface area contributed by atoms with E-state index >= 15 is 0 Å². The molecular formula is C15H18N2O3. The Morgan fingerprint density at radius 1 is 1.30 bits per heavy atom. The van der Waals surface area contributed by atoms with Crippen molar-refractivity contribution in [2.75, 3.05) is 0 Å². The summed E-state index contributed by atoms with van der Waals surface area (Å²) in [5.41, 5.74) is 3.27. The number of benzene rings is 1. The zero-order chi connectivity index (χ0) is 14.7. The number of carboxylic acid groups (broad SMARTS) is 1. The molecule has 20 heavy (non-hydrogen) atoms. The van der Waals surface area contributed by atoms with Crippen molar-refractivity contribution in [1.29, 1.82) is 0 Å². The van der Waals surface area contributed by atoms with E-state index in [9.17, 15) is 4.79 Å². The standard InChI is InChI=1S/C15H18N2O3/c1-9(7-14(18)19)6-13-16-17-15(20-13)12-5-4-10(2)11(3)8-12/h4-5,8-9H,6-7H2,1-3H3,(H,18,19). The van der Waals surface area contributed by atoms with Crippen LogP contribution < -0.4 is 0 Å². The van der Waals surface area contributed by atoms with Crippen molar-refractivity contribution in [3.05, 3.63) is 35.2 Å². The molecule has 0 aliphatic carbocycles. The van der Waals surface area contributed by atoms with Crippen molar-refractivity contribution in [1.82, 2.24) is 10.2 Å². The molecule has 0 spiro atoms. The van der Waals surface area contributed by atoms with Crippen molar-refractivity contribution in [2.45, 2.75) is 33.6 Å². The maximum atomic E-state index is 10.6. The Labute approximate surface area is 117 Å². The van der Waals surface area contributed by atoms with Gasteiger partial charge in [-0.1, -0.05) is 13.0 Å². The van der Waals surface area contributed by atoms with Gasteiger partial charge >= 0.3 is 5.97 Å². The van der Waals surface area contributed by atoms with E-state index < -0.39 is 5.97 Å². The van der Waals surface area contributed by atoms with Crippen LogP contribution in [0.5, 0.6) is 0 Å². The number of rotatable bonds is 5. The molecule has 0 aliphatic heterocycles. The summed E-state index contributed by atoms with van der Waals surface area (Å²) >= 11 is 0. The lowest BCUT2D eigenvalue weighted by atomic mass is 10.0. The number of hydrogen-bond acceptors (Lipinski definition) is 4. The maximum Gasteiger partial charge on any atom is 0.303 e. The van der Waals surface area contributed by atoms with Gasteiger partial charge in [0.05, 0.1) is 0 Å². The van der Waals surface area contributed by atoms with Crippen LogP contribution in [0.15, 0.2) is 22.6 Å². The van der Waals surface area contributed by atoms with Gasteiger partial charge in [0.15, 0.2) is 0 Å². The third-order valence-corrected chi connectivity index (χ3v) is 3.27. The van der Waals surface area contributed by atoms with Crippen LogP contribution >= 0.6 is 0 Å². The van der Waals surface area contributed by atoms with Gasteiger partial charge in [0.25, 0.3) is 0 Å². The Morgan fingerprint density at radius 2 is 2.05 bits per heavy atom. The SMILES string of the molecule is Cc1ccc(-c2nnc(CC(C)CC(=O)O)o2)cc1C. The summed E-state index contributed by atoms with van der Waals surface area (Å²) in [4.78, 5) is 10.6. The molecule has 0 amide bonds. The lowest BCUT2D eigenvalue weighted by Gasteiger charge is -2.04. The maximum absolute atomic E-state index is 10.6. The highest BCUT2D eigenvalue weighted by Gasteiger charge is 2.14. The Bertz CT molecular complexity index is 619. The van der Waals surface area contributed by atoms with Crippen molar-refractivity contribution >= 4 is 5.97 Å². The van der Waals surface area contributed by atoms with E-state index in [1.165, 1.54) is 11.1 Å². The fourth-order valence-electron chi connectivity index (χ4n) is 2.00. The molecule has 106 valence electrons. The monoisotopic (exact) mass is 274 g/mol. The van der Waals surface area contributed by atoms with Crippen molar-refractivity contribution < 1.29 is 14.3 Å². The third kappa shape index (κ3) is 3.44. The fraction of sp³-hybridized carbons (Fsp3) is 0.400. The summed E-state index contributed by atoms with van der Waals surface area (Å²) in [5, 5.41) is 16.7. The minimum absolute atomic E-state index is 0.0273.